The van der Waals surface area contributed by atoms with Gasteiger partial charge in [0.15, 0.2) is 0 Å². The molecule has 0 radical (unpaired) electrons. The number of fused-ring (bicyclic) bond motifs is 1. The highest BCUT2D eigenvalue weighted by atomic mass is 32.1. The molecule has 1 aromatic carbocycles. The number of aryl methyl sites for hydroxylation is 1. The van der Waals surface area contributed by atoms with Crippen molar-refractivity contribution >= 4 is 33.1 Å². The fourth-order valence-corrected chi connectivity index (χ4v) is 3.61. The second-order valence-electron chi connectivity index (χ2n) is 5.52. The van der Waals surface area contributed by atoms with Crippen molar-refractivity contribution in [2.24, 2.45) is 11.7 Å². The topological polar surface area (TPSA) is 68.0 Å². The van der Waals surface area contributed by atoms with Gasteiger partial charge >= 0.3 is 0 Å². The van der Waals surface area contributed by atoms with Crippen molar-refractivity contribution in [3.8, 4) is 0 Å². The van der Waals surface area contributed by atoms with Crippen LogP contribution < -0.4 is 11.1 Å². The quantitative estimate of drug-likeness (QED) is 0.892. The van der Waals surface area contributed by atoms with Crippen LogP contribution in [0.2, 0.25) is 0 Å². The van der Waals surface area contributed by atoms with E-state index in [0.29, 0.717) is 0 Å². The van der Waals surface area contributed by atoms with Crippen LogP contribution in [0.25, 0.3) is 10.2 Å². The average Bonchev–Trinajstić information content (AvgIpc) is 2.78. The van der Waals surface area contributed by atoms with Gasteiger partial charge in [0, 0.05) is 17.6 Å². The Balaban J connectivity index is 1.70. The van der Waals surface area contributed by atoms with E-state index in [1.165, 1.54) is 0 Å². The van der Waals surface area contributed by atoms with Gasteiger partial charge in [-0.05, 0) is 50.8 Å². The molecule has 0 atom stereocenters. The van der Waals surface area contributed by atoms with Crippen LogP contribution in [-0.2, 0) is 4.79 Å². The molecular formula is C15H19N3OS. The standard InChI is InChI=1S/C15H19N3OS/c1-9-17-13-7-6-12(8-14(13)20-9)18-15(19)10-2-4-11(16)5-3-10/h6-8,10-11H,2-5,16H2,1H3,(H,18,19). The molecular weight excluding hydrogens is 270 g/mol. The van der Waals surface area contributed by atoms with Crippen LogP contribution in [0, 0.1) is 12.8 Å². The van der Waals surface area contributed by atoms with Gasteiger partial charge in [0.05, 0.1) is 15.2 Å². The van der Waals surface area contributed by atoms with Crippen molar-refractivity contribution in [2.75, 3.05) is 5.32 Å². The number of nitrogens with one attached hydrogen (secondary N) is 1. The first-order valence-corrected chi connectivity index (χ1v) is 7.87. The van der Waals surface area contributed by atoms with Gasteiger partial charge < -0.3 is 11.1 Å². The molecule has 2 aromatic rings. The van der Waals surface area contributed by atoms with Gasteiger partial charge in [-0.3, -0.25) is 4.79 Å². The molecule has 106 valence electrons. The lowest BCUT2D eigenvalue weighted by Crippen LogP contribution is -2.32. The third-order valence-electron chi connectivity index (χ3n) is 3.91. The second kappa shape index (κ2) is 5.50. The number of carbonyl (C=O) groups is 1. The summed E-state index contributed by atoms with van der Waals surface area (Å²) in [5.74, 6) is 0.228. The molecule has 1 amide bonds. The zero-order valence-corrected chi connectivity index (χ0v) is 12.4. The number of nitrogens with zero attached hydrogens (tertiary/aromatic N) is 1. The number of anilines is 1. The van der Waals surface area contributed by atoms with E-state index in [1.54, 1.807) is 11.3 Å². The van der Waals surface area contributed by atoms with Crippen molar-refractivity contribution in [3.05, 3.63) is 23.2 Å². The SMILES string of the molecule is Cc1nc2ccc(NC(=O)C3CCC(N)CC3)cc2s1. The summed E-state index contributed by atoms with van der Waals surface area (Å²) in [6.45, 7) is 1.99. The summed E-state index contributed by atoms with van der Waals surface area (Å²) in [5.41, 5.74) is 7.73. The summed E-state index contributed by atoms with van der Waals surface area (Å²) in [7, 11) is 0. The lowest BCUT2D eigenvalue weighted by atomic mass is 9.86. The van der Waals surface area contributed by atoms with Crippen LogP contribution >= 0.6 is 11.3 Å². The van der Waals surface area contributed by atoms with E-state index < -0.39 is 0 Å². The first kappa shape index (κ1) is 13.5. The number of nitrogens with two attached hydrogens (primary N) is 1. The van der Waals surface area contributed by atoms with Crippen LogP contribution in [0.4, 0.5) is 5.69 Å². The molecule has 0 spiro atoms. The zero-order valence-electron chi connectivity index (χ0n) is 11.6. The van der Waals surface area contributed by atoms with E-state index in [1.807, 2.05) is 25.1 Å². The number of hydrogen-bond donors (Lipinski definition) is 2. The summed E-state index contributed by atoms with van der Waals surface area (Å²) >= 11 is 1.65. The molecule has 5 heteroatoms. The number of rotatable bonds is 2. The Hall–Kier alpha value is -1.46. The molecule has 1 fully saturated rings. The Morgan fingerprint density at radius 1 is 1.35 bits per heavy atom. The highest BCUT2D eigenvalue weighted by molar-refractivity contribution is 7.18. The molecule has 3 rings (SSSR count). The van der Waals surface area contributed by atoms with Crippen LogP contribution in [0.5, 0.6) is 0 Å². The van der Waals surface area contributed by atoms with Crippen LogP contribution in [-0.4, -0.2) is 16.9 Å². The van der Waals surface area contributed by atoms with Crippen molar-refractivity contribution in [2.45, 2.75) is 38.6 Å². The maximum Gasteiger partial charge on any atom is 0.227 e. The van der Waals surface area contributed by atoms with E-state index in [2.05, 4.69) is 10.3 Å². The third-order valence-corrected chi connectivity index (χ3v) is 4.84. The smallest absolute Gasteiger partial charge is 0.227 e. The minimum atomic E-state index is 0.105. The van der Waals surface area contributed by atoms with Crippen molar-refractivity contribution in [1.29, 1.82) is 0 Å². The predicted octanol–water partition coefficient (Wildman–Crippen LogP) is 3.06. The van der Waals surface area contributed by atoms with E-state index >= 15 is 0 Å². The van der Waals surface area contributed by atoms with Gasteiger partial charge in [0.2, 0.25) is 5.91 Å². The molecule has 1 aliphatic carbocycles. The highest BCUT2D eigenvalue weighted by Gasteiger charge is 2.24. The van der Waals surface area contributed by atoms with Crippen LogP contribution in [0.1, 0.15) is 30.7 Å². The largest absolute Gasteiger partial charge is 0.328 e. The van der Waals surface area contributed by atoms with Gasteiger partial charge in [-0.1, -0.05) is 0 Å². The molecule has 1 heterocycles. The maximum absolute atomic E-state index is 12.3. The number of carbonyl (C=O) groups excluding carboxylic acids is 1. The minimum Gasteiger partial charge on any atom is -0.328 e. The number of hydrogen-bond acceptors (Lipinski definition) is 4. The molecule has 20 heavy (non-hydrogen) atoms. The fourth-order valence-electron chi connectivity index (χ4n) is 2.74. The van der Waals surface area contributed by atoms with E-state index in [9.17, 15) is 4.79 Å². The number of thiazole rings is 1. The summed E-state index contributed by atoms with van der Waals surface area (Å²) in [5, 5.41) is 4.07. The average molecular weight is 289 g/mol. The Morgan fingerprint density at radius 2 is 2.10 bits per heavy atom. The van der Waals surface area contributed by atoms with Gasteiger partial charge in [0.1, 0.15) is 0 Å². The van der Waals surface area contributed by atoms with E-state index in [0.717, 1.165) is 46.6 Å². The number of aromatic nitrogens is 1. The first-order valence-electron chi connectivity index (χ1n) is 7.05. The Morgan fingerprint density at radius 3 is 2.85 bits per heavy atom. The summed E-state index contributed by atoms with van der Waals surface area (Å²) < 4.78 is 1.12. The molecule has 3 N–H and O–H groups in total. The summed E-state index contributed by atoms with van der Waals surface area (Å²) in [4.78, 5) is 16.7. The Labute approximate surface area is 122 Å². The third kappa shape index (κ3) is 2.83. The van der Waals surface area contributed by atoms with E-state index in [4.69, 9.17) is 5.73 Å². The van der Waals surface area contributed by atoms with Gasteiger partial charge in [-0.2, -0.15) is 0 Å². The lowest BCUT2D eigenvalue weighted by Gasteiger charge is -2.25. The highest BCUT2D eigenvalue weighted by Crippen LogP contribution is 2.27. The monoisotopic (exact) mass is 289 g/mol. The predicted molar refractivity (Wildman–Crippen MR) is 82.9 cm³/mol. The van der Waals surface area contributed by atoms with Crippen molar-refractivity contribution in [1.82, 2.24) is 4.98 Å². The van der Waals surface area contributed by atoms with Gasteiger partial charge in [0.25, 0.3) is 0 Å². The van der Waals surface area contributed by atoms with E-state index in [-0.39, 0.29) is 17.9 Å². The van der Waals surface area contributed by atoms with Gasteiger partial charge in [-0.25, -0.2) is 4.98 Å². The molecule has 1 saturated carbocycles. The van der Waals surface area contributed by atoms with Crippen LogP contribution in [0.3, 0.4) is 0 Å². The Kier molecular flexibility index (Phi) is 3.72. The van der Waals surface area contributed by atoms with Crippen LogP contribution in [0.15, 0.2) is 18.2 Å². The maximum atomic E-state index is 12.3. The first-order chi connectivity index (χ1) is 9.61. The summed E-state index contributed by atoms with van der Waals surface area (Å²) in [6, 6.07) is 6.17. The molecule has 0 aliphatic heterocycles. The summed E-state index contributed by atoms with van der Waals surface area (Å²) in [6.07, 6.45) is 3.69. The zero-order chi connectivity index (χ0) is 14.1. The molecule has 4 nitrogen and oxygen atoms in total. The van der Waals surface area contributed by atoms with Gasteiger partial charge in [-0.15, -0.1) is 11.3 Å². The van der Waals surface area contributed by atoms with Crippen molar-refractivity contribution < 1.29 is 4.79 Å². The number of amides is 1. The molecule has 1 aliphatic rings. The molecule has 0 bridgehead atoms. The Bertz CT molecular complexity index is 629. The molecule has 1 aromatic heterocycles. The number of benzene rings is 1. The normalized spacial score (nSPS) is 22.9. The second-order valence-corrected chi connectivity index (χ2v) is 6.75. The lowest BCUT2D eigenvalue weighted by molar-refractivity contribution is -0.120. The fraction of sp³-hybridized carbons (Fsp3) is 0.467. The molecule has 0 unspecified atom stereocenters. The molecule has 0 saturated heterocycles. The minimum absolute atomic E-state index is 0.105. The van der Waals surface area contributed by atoms with Crippen molar-refractivity contribution in [3.63, 3.8) is 0 Å².